The first kappa shape index (κ1) is 13.9. The molecule has 2 aromatic heterocycles. The van der Waals surface area contributed by atoms with E-state index in [2.05, 4.69) is 15.0 Å². The topological polar surface area (TPSA) is 68.2 Å². The standard InChI is InChI=1S/C14H16N4O2/c1-3-20-14(19)11-4-5-13(17-8-11)18(2)10-12-9-15-6-7-16-12/h4-9H,3,10H2,1-2H3. The Kier molecular flexibility index (Phi) is 4.60. The quantitative estimate of drug-likeness (QED) is 0.771. The summed E-state index contributed by atoms with van der Waals surface area (Å²) in [6.45, 7) is 2.72. The van der Waals surface area contributed by atoms with Gasteiger partial charge in [-0.25, -0.2) is 9.78 Å². The molecule has 104 valence electrons. The van der Waals surface area contributed by atoms with Crippen molar-refractivity contribution in [2.24, 2.45) is 0 Å². The van der Waals surface area contributed by atoms with Crippen LogP contribution in [0.3, 0.4) is 0 Å². The average Bonchev–Trinajstić information content (AvgIpc) is 2.48. The number of carbonyl (C=O) groups excluding carboxylic acids is 1. The molecule has 0 saturated heterocycles. The van der Waals surface area contributed by atoms with Gasteiger partial charge < -0.3 is 9.64 Å². The zero-order valence-electron chi connectivity index (χ0n) is 11.5. The monoisotopic (exact) mass is 272 g/mol. The number of hydrogen-bond donors (Lipinski definition) is 0. The van der Waals surface area contributed by atoms with E-state index in [1.54, 1.807) is 37.6 Å². The van der Waals surface area contributed by atoms with Crippen molar-refractivity contribution >= 4 is 11.8 Å². The van der Waals surface area contributed by atoms with Crippen molar-refractivity contribution < 1.29 is 9.53 Å². The van der Waals surface area contributed by atoms with Crippen molar-refractivity contribution in [2.45, 2.75) is 13.5 Å². The number of rotatable bonds is 5. The van der Waals surface area contributed by atoms with E-state index in [-0.39, 0.29) is 5.97 Å². The van der Waals surface area contributed by atoms with E-state index in [0.717, 1.165) is 11.5 Å². The minimum atomic E-state index is -0.358. The first-order valence-electron chi connectivity index (χ1n) is 6.30. The lowest BCUT2D eigenvalue weighted by Gasteiger charge is -2.17. The maximum atomic E-state index is 11.5. The van der Waals surface area contributed by atoms with E-state index in [0.29, 0.717) is 18.7 Å². The summed E-state index contributed by atoms with van der Waals surface area (Å²) in [4.78, 5) is 25.9. The highest BCUT2D eigenvalue weighted by molar-refractivity contribution is 5.89. The number of anilines is 1. The second-order valence-corrected chi connectivity index (χ2v) is 4.18. The van der Waals surface area contributed by atoms with E-state index in [9.17, 15) is 4.79 Å². The van der Waals surface area contributed by atoms with Gasteiger partial charge in [0.15, 0.2) is 0 Å². The van der Waals surface area contributed by atoms with Crippen molar-refractivity contribution in [2.75, 3.05) is 18.6 Å². The lowest BCUT2D eigenvalue weighted by Crippen LogP contribution is -2.18. The number of ether oxygens (including phenoxy) is 1. The first-order valence-corrected chi connectivity index (χ1v) is 6.30. The molecule has 6 heteroatoms. The van der Waals surface area contributed by atoms with Gasteiger partial charge in [0.2, 0.25) is 0 Å². The largest absolute Gasteiger partial charge is 0.462 e. The lowest BCUT2D eigenvalue weighted by molar-refractivity contribution is 0.0526. The van der Waals surface area contributed by atoms with Gasteiger partial charge in [0, 0.05) is 25.6 Å². The Morgan fingerprint density at radius 3 is 2.70 bits per heavy atom. The van der Waals surface area contributed by atoms with Crippen molar-refractivity contribution in [1.29, 1.82) is 0 Å². The van der Waals surface area contributed by atoms with Crippen molar-refractivity contribution in [3.8, 4) is 0 Å². The molecule has 2 rings (SSSR count). The summed E-state index contributed by atoms with van der Waals surface area (Å²) in [6.07, 6.45) is 6.51. The van der Waals surface area contributed by atoms with Gasteiger partial charge in [-0.05, 0) is 19.1 Å². The molecular formula is C14H16N4O2. The van der Waals surface area contributed by atoms with Crippen LogP contribution in [-0.2, 0) is 11.3 Å². The summed E-state index contributed by atoms with van der Waals surface area (Å²) in [6, 6.07) is 3.48. The minimum absolute atomic E-state index is 0.354. The Morgan fingerprint density at radius 2 is 2.10 bits per heavy atom. The SMILES string of the molecule is CCOC(=O)c1ccc(N(C)Cc2cnccn2)nc1. The highest BCUT2D eigenvalue weighted by Crippen LogP contribution is 2.12. The van der Waals surface area contributed by atoms with Gasteiger partial charge in [0.05, 0.1) is 30.6 Å². The molecule has 0 bridgehead atoms. The third-order valence-electron chi connectivity index (χ3n) is 2.67. The van der Waals surface area contributed by atoms with Crippen LogP contribution in [0.1, 0.15) is 23.0 Å². The normalized spacial score (nSPS) is 10.1. The maximum absolute atomic E-state index is 11.5. The molecule has 0 aliphatic carbocycles. The summed E-state index contributed by atoms with van der Waals surface area (Å²) in [5.41, 5.74) is 1.30. The van der Waals surface area contributed by atoms with Gasteiger partial charge >= 0.3 is 5.97 Å². The molecule has 0 unspecified atom stereocenters. The zero-order chi connectivity index (χ0) is 14.4. The number of nitrogens with zero attached hydrogens (tertiary/aromatic N) is 4. The summed E-state index contributed by atoms with van der Waals surface area (Å²) >= 11 is 0. The summed E-state index contributed by atoms with van der Waals surface area (Å²) in [7, 11) is 1.90. The molecule has 2 aromatic rings. The second-order valence-electron chi connectivity index (χ2n) is 4.18. The fraction of sp³-hybridized carbons (Fsp3) is 0.286. The molecular weight excluding hydrogens is 256 g/mol. The molecule has 0 radical (unpaired) electrons. The van der Waals surface area contributed by atoms with Gasteiger partial charge in [0.1, 0.15) is 5.82 Å². The van der Waals surface area contributed by atoms with Crippen LogP contribution in [-0.4, -0.2) is 34.6 Å². The highest BCUT2D eigenvalue weighted by atomic mass is 16.5. The van der Waals surface area contributed by atoms with E-state index >= 15 is 0 Å². The van der Waals surface area contributed by atoms with E-state index in [1.807, 2.05) is 11.9 Å². The molecule has 0 fully saturated rings. The Hall–Kier alpha value is -2.50. The van der Waals surface area contributed by atoms with Crippen LogP contribution in [0.2, 0.25) is 0 Å². The van der Waals surface area contributed by atoms with Gasteiger partial charge in [-0.15, -0.1) is 0 Å². The zero-order valence-corrected chi connectivity index (χ0v) is 11.5. The van der Waals surface area contributed by atoms with Crippen molar-refractivity contribution in [3.05, 3.63) is 48.2 Å². The third-order valence-corrected chi connectivity index (χ3v) is 2.67. The number of pyridine rings is 1. The Morgan fingerprint density at radius 1 is 1.25 bits per heavy atom. The fourth-order valence-electron chi connectivity index (χ4n) is 1.68. The van der Waals surface area contributed by atoms with Gasteiger partial charge in [0.25, 0.3) is 0 Å². The number of carbonyl (C=O) groups is 1. The van der Waals surface area contributed by atoms with Crippen molar-refractivity contribution in [1.82, 2.24) is 15.0 Å². The number of hydrogen-bond acceptors (Lipinski definition) is 6. The van der Waals surface area contributed by atoms with E-state index in [4.69, 9.17) is 4.74 Å². The third kappa shape index (κ3) is 3.50. The Bertz CT molecular complexity index is 557. The smallest absolute Gasteiger partial charge is 0.339 e. The van der Waals surface area contributed by atoms with Crippen LogP contribution in [0.15, 0.2) is 36.9 Å². The van der Waals surface area contributed by atoms with Gasteiger partial charge in [-0.1, -0.05) is 0 Å². The van der Waals surface area contributed by atoms with E-state index in [1.165, 1.54) is 6.20 Å². The van der Waals surface area contributed by atoms with Crippen LogP contribution < -0.4 is 4.90 Å². The van der Waals surface area contributed by atoms with E-state index < -0.39 is 0 Å². The summed E-state index contributed by atoms with van der Waals surface area (Å²) in [5.74, 6) is 0.395. The molecule has 0 N–H and O–H groups in total. The van der Waals surface area contributed by atoms with Crippen LogP contribution in [0.4, 0.5) is 5.82 Å². The molecule has 0 atom stereocenters. The maximum Gasteiger partial charge on any atom is 0.339 e. The number of aromatic nitrogens is 3. The van der Waals surface area contributed by atoms with Gasteiger partial charge in [-0.3, -0.25) is 9.97 Å². The van der Waals surface area contributed by atoms with Crippen LogP contribution in [0.5, 0.6) is 0 Å². The molecule has 2 heterocycles. The molecule has 20 heavy (non-hydrogen) atoms. The van der Waals surface area contributed by atoms with Crippen LogP contribution in [0, 0.1) is 0 Å². The highest BCUT2D eigenvalue weighted by Gasteiger charge is 2.09. The predicted octanol–water partition coefficient (Wildman–Crippen LogP) is 1.68. The van der Waals surface area contributed by atoms with Gasteiger partial charge in [-0.2, -0.15) is 0 Å². The van der Waals surface area contributed by atoms with Crippen molar-refractivity contribution in [3.63, 3.8) is 0 Å². The molecule has 0 aliphatic rings. The summed E-state index contributed by atoms with van der Waals surface area (Å²) in [5, 5.41) is 0. The van der Waals surface area contributed by atoms with Crippen LogP contribution in [0.25, 0.3) is 0 Å². The average molecular weight is 272 g/mol. The number of esters is 1. The van der Waals surface area contributed by atoms with Crippen LogP contribution >= 0.6 is 0 Å². The predicted molar refractivity (Wildman–Crippen MR) is 74.3 cm³/mol. The lowest BCUT2D eigenvalue weighted by atomic mass is 10.3. The Labute approximate surface area is 117 Å². The minimum Gasteiger partial charge on any atom is -0.462 e. The fourth-order valence-corrected chi connectivity index (χ4v) is 1.68. The second kappa shape index (κ2) is 6.60. The molecule has 0 aromatic carbocycles. The molecule has 0 amide bonds. The molecule has 0 aliphatic heterocycles. The Balaban J connectivity index is 2.04. The molecule has 0 saturated carbocycles. The molecule has 6 nitrogen and oxygen atoms in total. The summed E-state index contributed by atoms with van der Waals surface area (Å²) < 4.78 is 4.91. The first-order chi connectivity index (χ1) is 9.70. The molecule has 0 spiro atoms.